The molecule has 1 aliphatic carbocycles. The summed E-state index contributed by atoms with van der Waals surface area (Å²) < 4.78 is 0. The van der Waals surface area contributed by atoms with Crippen LogP contribution >= 0.6 is 0 Å². The lowest BCUT2D eigenvalue weighted by molar-refractivity contribution is 0.116. The summed E-state index contributed by atoms with van der Waals surface area (Å²) in [4.78, 5) is 5.09. The van der Waals surface area contributed by atoms with Crippen LogP contribution < -0.4 is 0 Å². The molecule has 0 aromatic rings. The van der Waals surface area contributed by atoms with Gasteiger partial charge >= 0.3 is 0 Å². The van der Waals surface area contributed by atoms with Gasteiger partial charge in [-0.05, 0) is 25.2 Å². The monoisotopic (exact) mass is 141 g/mol. The first kappa shape index (κ1) is 7.58. The van der Waals surface area contributed by atoms with Gasteiger partial charge in [-0.3, -0.25) is 0 Å². The Bertz CT molecular complexity index is 123. The maximum atomic E-state index is 5.09. The SMILES string of the molecule is CC(C)CON=C1CCC1. The number of nitrogens with zero attached hydrogens (tertiary/aromatic N) is 1. The second-order valence-electron chi connectivity index (χ2n) is 3.20. The second-order valence-corrected chi connectivity index (χ2v) is 3.20. The normalized spacial score (nSPS) is 16.9. The van der Waals surface area contributed by atoms with E-state index in [4.69, 9.17) is 4.84 Å². The van der Waals surface area contributed by atoms with E-state index in [1.807, 2.05) is 0 Å². The van der Waals surface area contributed by atoms with E-state index in [0.29, 0.717) is 5.92 Å². The summed E-state index contributed by atoms with van der Waals surface area (Å²) in [5.41, 5.74) is 1.24. The standard InChI is InChI=1S/C8H15NO/c1-7(2)6-10-9-8-4-3-5-8/h7H,3-6H2,1-2H3. The topological polar surface area (TPSA) is 21.6 Å². The lowest BCUT2D eigenvalue weighted by Gasteiger charge is -2.13. The lowest BCUT2D eigenvalue weighted by Crippen LogP contribution is -2.11. The van der Waals surface area contributed by atoms with Crippen LogP contribution in [0, 0.1) is 5.92 Å². The molecule has 1 aliphatic rings. The van der Waals surface area contributed by atoms with E-state index in [1.54, 1.807) is 0 Å². The molecule has 1 fully saturated rings. The van der Waals surface area contributed by atoms with E-state index in [9.17, 15) is 0 Å². The quantitative estimate of drug-likeness (QED) is 0.552. The maximum Gasteiger partial charge on any atom is 0.119 e. The molecule has 2 nitrogen and oxygen atoms in total. The molecule has 10 heavy (non-hydrogen) atoms. The van der Waals surface area contributed by atoms with Gasteiger partial charge in [0.1, 0.15) is 6.61 Å². The van der Waals surface area contributed by atoms with Crippen molar-refractivity contribution >= 4 is 5.71 Å². The van der Waals surface area contributed by atoms with Crippen molar-refractivity contribution in [3.8, 4) is 0 Å². The van der Waals surface area contributed by atoms with Crippen LogP contribution in [0.2, 0.25) is 0 Å². The minimum atomic E-state index is 0.587. The molecule has 0 amide bonds. The molecular formula is C8H15NO. The molecule has 0 spiro atoms. The highest BCUT2D eigenvalue weighted by molar-refractivity contribution is 5.88. The molecule has 1 saturated carbocycles. The summed E-state index contributed by atoms with van der Waals surface area (Å²) in [7, 11) is 0. The Labute approximate surface area is 62.3 Å². The zero-order valence-electron chi connectivity index (χ0n) is 6.76. The van der Waals surface area contributed by atoms with Crippen molar-refractivity contribution in [2.45, 2.75) is 33.1 Å². The van der Waals surface area contributed by atoms with Crippen molar-refractivity contribution < 1.29 is 4.84 Å². The highest BCUT2D eigenvalue weighted by atomic mass is 16.6. The predicted molar refractivity (Wildman–Crippen MR) is 42.1 cm³/mol. The minimum absolute atomic E-state index is 0.587. The molecule has 0 radical (unpaired) electrons. The van der Waals surface area contributed by atoms with E-state index in [2.05, 4.69) is 19.0 Å². The molecule has 0 saturated heterocycles. The second kappa shape index (κ2) is 3.59. The van der Waals surface area contributed by atoms with Crippen molar-refractivity contribution in [3.63, 3.8) is 0 Å². The van der Waals surface area contributed by atoms with Crippen molar-refractivity contribution in [3.05, 3.63) is 0 Å². The first-order valence-electron chi connectivity index (χ1n) is 3.96. The van der Waals surface area contributed by atoms with Crippen LogP contribution in [0.4, 0.5) is 0 Å². The van der Waals surface area contributed by atoms with Crippen LogP contribution in [0.3, 0.4) is 0 Å². The smallest absolute Gasteiger partial charge is 0.119 e. The third kappa shape index (κ3) is 2.38. The van der Waals surface area contributed by atoms with Gasteiger partial charge in [0.15, 0.2) is 0 Å². The summed E-state index contributed by atoms with van der Waals surface area (Å²) >= 11 is 0. The fourth-order valence-corrected chi connectivity index (χ4v) is 0.704. The molecule has 0 bridgehead atoms. The average Bonchev–Trinajstić information content (AvgIpc) is 1.75. The summed E-state index contributed by atoms with van der Waals surface area (Å²) in [6, 6.07) is 0. The Hall–Kier alpha value is -0.530. The van der Waals surface area contributed by atoms with Gasteiger partial charge in [0, 0.05) is 0 Å². The third-order valence-corrected chi connectivity index (χ3v) is 1.53. The van der Waals surface area contributed by atoms with Gasteiger partial charge in [0.2, 0.25) is 0 Å². The summed E-state index contributed by atoms with van der Waals surface area (Å²) in [5.74, 6) is 0.587. The summed E-state index contributed by atoms with van der Waals surface area (Å²) in [5, 5.41) is 3.99. The fraction of sp³-hybridized carbons (Fsp3) is 0.875. The van der Waals surface area contributed by atoms with Crippen LogP contribution in [0.15, 0.2) is 5.16 Å². The summed E-state index contributed by atoms with van der Waals surface area (Å²) in [6.07, 6.45) is 3.60. The van der Waals surface area contributed by atoms with Gasteiger partial charge in [-0.1, -0.05) is 19.0 Å². The van der Waals surface area contributed by atoms with E-state index >= 15 is 0 Å². The van der Waals surface area contributed by atoms with E-state index in [1.165, 1.54) is 12.1 Å². The molecule has 2 heteroatoms. The predicted octanol–water partition coefficient (Wildman–Crippen LogP) is 2.20. The van der Waals surface area contributed by atoms with Crippen LogP contribution in [0.25, 0.3) is 0 Å². The Morgan fingerprint density at radius 3 is 2.60 bits per heavy atom. The van der Waals surface area contributed by atoms with E-state index in [-0.39, 0.29) is 0 Å². The van der Waals surface area contributed by atoms with Gasteiger partial charge in [0.25, 0.3) is 0 Å². The molecule has 0 N–H and O–H groups in total. The number of hydrogen-bond acceptors (Lipinski definition) is 2. The first-order chi connectivity index (χ1) is 4.79. The van der Waals surface area contributed by atoms with Crippen LogP contribution in [-0.2, 0) is 4.84 Å². The van der Waals surface area contributed by atoms with Gasteiger partial charge < -0.3 is 4.84 Å². The molecule has 58 valence electrons. The molecule has 1 rings (SSSR count). The van der Waals surface area contributed by atoms with Gasteiger partial charge in [0.05, 0.1) is 5.71 Å². The molecule has 0 aromatic carbocycles. The van der Waals surface area contributed by atoms with E-state index in [0.717, 1.165) is 19.4 Å². The third-order valence-electron chi connectivity index (χ3n) is 1.53. The zero-order valence-corrected chi connectivity index (χ0v) is 6.76. The molecule has 0 unspecified atom stereocenters. The zero-order chi connectivity index (χ0) is 7.40. The van der Waals surface area contributed by atoms with Crippen molar-refractivity contribution in [2.75, 3.05) is 6.61 Å². The van der Waals surface area contributed by atoms with Gasteiger partial charge in [-0.15, -0.1) is 0 Å². The lowest BCUT2D eigenvalue weighted by atomic mass is 9.98. The Morgan fingerprint density at radius 2 is 2.20 bits per heavy atom. The molecular weight excluding hydrogens is 126 g/mol. The van der Waals surface area contributed by atoms with Crippen molar-refractivity contribution in [2.24, 2.45) is 11.1 Å². The van der Waals surface area contributed by atoms with Crippen molar-refractivity contribution in [1.82, 2.24) is 0 Å². The van der Waals surface area contributed by atoms with Gasteiger partial charge in [-0.2, -0.15) is 0 Å². The first-order valence-corrected chi connectivity index (χ1v) is 3.96. The number of rotatable bonds is 3. The molecule has 0 atom stereocenters. The van der Waals surface area contributed by atoms with Crippen LogP contribution in [-0.4, -0.2) is 12.3 Å². The van der Waals surface area contributed by atoms with Crippen LogP contribution in [0.5, 0.6) is 0 Å². The number of hydrogen-bond donors (Lipinski definition) is 0. The van der Waals surface area contributed by atoms with Gasteiger partial charge in [-0.25, -0.2) is 0 Å². The van der Waals surface area contributed by atoms with Crippen LogP contribution in [0.1, 0.15) is 33.1 Å². The molecule has 0 aromatic heterocycles. The molecule has 0 heterocycles. The Balaban J connectivity index is 2.03. The Morgan fingerprint density at radius 1 is 1.50 bits per heavy atom. The number of oxime groups is 1. The average molecular weight is 141 g/mol. The van der Waals surface area contributed by atoms with Crippen molar-refractivity contribution in [1.29, 1.82) is 0 Å². The summed E-state index contributed by atoms with van der Waals surface area (Å²) in [6.45, 7) is 5.01. The minimum Gasteiger partial charge on any atom is -0.396 e. The van der Waals surface area contributed by atoms with E-state index < -0.39 is 0 Å². The molecule has 0 aliphatic heterocycles. The fourth-order valence-electron chi connectivity index (χ4n) is 0.704. The Kier molecular flexibility index (Phi) is 2.72. The highest BCUT2D eigenvalue weighted by Crippen LogP contribution is 2.14. The highest BCUT2D eigenvalue weighted by Gasteiger charge is 2.10. The largest absolute Gasteiger partial charge is 0.396 e. The maximum absolute atomic E-state index is 5.09.